The molecule has 4 rings (SSSR count). The predicted molar refractivity (Wildman–Crippen MR) is 89.1 cm³/mol. The number of rotatable bonds is 1. The molecule has 0 amide bonds. The van der Waals surface area contributed by atoms with Crippen molar-refractivity contribution in [3.8, 4) is 22.4 Å². The van der Waals surface area contributed by atoms with Gasteiger partial charge in [0.05, 0.1) is 10.9 Å². The fourth-order valence-electron chi connectivity index (χ4n) is 2.53. The van der Waals surface area contributed by atoms with Gasteiger partial charge in [0, 0.05) is 25.9 Å². The molecule has 0 unspecified atom stereocenters. The van der Waals surface area contributed by atoms with Crippen molar-refractivity contribution in [2.24, 2.45) is 0 Å². The molecule has 0 aliphatic carbocycles. The molecule has 3 aromatic rings. The quantitative estimate of drug-likeness (QED) is 0.379. The largest absolute Gasteiger partial charge is 0.359 e. The average molecular weight is 379 g/mol. The molecule has 104 valence electrons. The second kappa shape index (κ2) is 5.20. The Kier molecular flexibility index (Phi) is 3.32. The zero-order valence-electron chi connectivity index (χ0n) is 10.8. The van der Waals surface area contributed by atoms with E-state index in [-0.39, 0.29) is 0 Å². The van der Waals surface area contributed by atoms with Crippen LogP contribution in [0.3, 0.4) is 0 Å². The van der Waals surface area contributed by atoms with Crippen LogP contribution in [0.15, 0.2) is 56.8 Å². The molecule has 21 heavy (non-hydrogen) atoms. The Morgan fingerprint density at radius 1 is 1.10 bits per heavy atom. The van der Waals surface area contributed by atoms with Crippen molar-refractivity contribution in [3.05, 3.63) is 53.2 Å². The Morgan fingerprint density at radius 2 is 1.90 bits per heavy atom. The molecule has 1 aliphatic heterocycles. The van der Waals surface area contributed by atoms with Gasteiger partial charge in [0.2, 0.25) is 0 Å². The molecule has 2 heterocycles. The topological polar surface area (TPSA) is 26.0 Å². The molecule has 0 fully saturated rings. The highest BCUT2D eigenvalue weighted by Gasteiger charge is 2.26. The van der Waals surface area contributed by atoms with Crippen LogP contribution in [0.2, 0.25) is 5.02 Å². The lowest BCUT2D eigenvalue weighted by atomic mass is 10.00. The van der Waals surface area contributed by atoms with Crippen LogP contribution in [-0.2, 0) is 5.33 Å². The minimum absolute atomic E-state index is 0.629. The van der Waals surface area contributed by atoms with E-state index in [0.717, 1.165) is 33.0 Å². The summed E-state index contributed by atoms with van der Waals surface area (Å²) in [6, 6.07) is 14.2. The van der Waals surface area contributed by atoms with Crippen LogP contribution in [0.25, 0.3) is 22.4 Å². The first-order chi connectivity index (χ1) is 10.3. The van der Waals surface area contributed by atoms with Gasteiger partial charge in [0.25, 0.3) is 0 Å². The number of alkyl halides is 1. The van der Waals surface area contributed by atoms with Crippen LogP contribution in [0.4, 0.5) is 0 Å². The molecule has 2 aromatic carbocycles. The molecule has 2 nitrogen and oxygen atoms in total. The average Bonchev–Trinajstić information content (AvgIpc) is 2.87. The Morgan fingerprint density at radius 3 is 2.76 bits per heavy atom. The van der Waals surface area contributed by atoms with Crippen LogP contribution in [0.1, 0.15) is 5.76 Å². The van der Waals surface area contributed by atoms with Gasteiger partial charge in [-0.25, -0.2) is 0 Å². The molecule has 0 spiro atoms. The minimum atomic E-state index is 0.629. The van der Waals surface area contributed by atoms with E-state index >= 15 is 0 Å². The van der Waals surface area contributed by atoms with E-state index in [1.807, 2.05) is 30.3 Å². The number of hydrogen-bond acceptors (Lipinski definition) is 3. The molecular formula is C16H9BrClNOS. The summed E-state index contributed by atoms with van der Waals surface area (Å²) < 4.78 is 5.53. The summed E-state index contributed by atoms with van der Waals surface area (Å²) in [5.41, 5.74) is 4.09. The van der Waals surface area contributed by atoms with Crippen molar-refractivity contribution in [3.63, 3.8) is 0 Å². The summed E-state index contributed by atoms with van der Waals surface area (Å²) >= 11 is 11.4. The molecule has 0 bridgehead atoms. The van der Waals surface area contributed by atoms with E-state index in [2.05, 4.69) is 33.2 Å². The summed E-state index contributed by atoms with van der Waals surface area (Å²) in [5.74, 6) is 0.839. The molecule has 0 radical (unpaired) electrons. The first-order valence-corrected chi connectivity index (χ1v) is 8.71. The lowest BCUT2D eigenvalue weighted by molar-refractivity contribution is 0.398. The van der Waals surface area contributed by atoms with Gasteiger partial charge >= 0.3 is 0 Å². The Labute approximate surface area is 139 Å². The van der Waals surface area contributed by atoms with Gasteiger partial charge in [0.1, 0.15) is 5.69 Å². The third kappa shape index (κ3) is 2.13. The number of aromatic nitrogens is 1. The van der Waals surface area contributed by atoms with Crippen LogP contribution in [-0.4, -0.2) is 5.16 Å². The fourth-order valence-corrected chi connectivity index (χ4v) is 4.15. The third-order valence-electron chi connectivity index (χ3n) is 3.46. The molecule has 0 saturated heterocycles. The van der Waals surface area contributed by atoms with Crippen molar-refractivity contribution < 1.29 is 4.52 Å². The maximum absolute atomic E-state index is 6.17. The van der Waals surface area contributed by atoms with Gasteiger partial charge in [-0.05, 0) is 24.3 Å². The lowest BCUT2D eigenvalue weighted by Crippen LogP contribution is -1.85. The maximum Gasteiger partial charge on any atom is 0.155 e. The summed E-state index contributed by atoms with van der Waals surface area (Å²) in [6.07, 6.45) is 0. The van der Waals surface area contributed by atoms with Crippen LogP contribution in [0, 0.1) is 0 Å². The first kappa shape index (κ1) is 13.4. The van der Waals surface area contributed by atoms with Gasteiger partial charge < -0.3 is 4.52 Å². The molecule has 1 aliphatic rings. The zero-order valence-corrected chi connectivity index (χ0v) is 13.9. The van der Waals surface area contributed by atoms with Gasteiger partial charge in [-0.3, -0.25) is 0 Å². The van der Waals surface area contributed by atoms with E-state index in [1.165, 1.54) is 4.90 Å². The fraction of sp³-hybridized carbons (Fsp3) is 0.0625. The highest BCUT2D eigenvalue weighted by Crippen LogP contribution is 2.49. The normalized spacial score (nSPS) is 12.3. The van der Waals surface area contributed by atoms with E-state index in [9.17, 15) is 0 Å². The highest BCUT2D eigenvalue weighted by molar-refractivity contribution is 9.08. The van der Waals surface area contributed by atoms with Crippen molar-refractivity contribution in [2.75, 3.05) is 0 Å². The number of nitrogens with zero attached hydrogens (tertiary/aromatic N) is 1. The minimum Gasteiger partial charge on any atom is -0.359 e. The van der Waals surface area contributed by atoms with E-state index in [1.54, 1.807) is 11.8 Å². The molecule has 5 heteroatoms. The smallest absolute Gasteiger partial charge is 0.155 e. The van der Waals surface area contributed by atoms with Gasteiger partial charge in [-0.15, -0.1) is 0 Å². The first-order valence-electron chi connectivity index (χ1n) is 6.39. The second-order valence-corrected chi connectivity index (χ2v) is 6.78. The summed E-state index contributed by atoms with van der Waals surface area (Å²) in [7, 11) is 0. The Bertz CT molecular complexity index is 846. The van der Waals surface area contributed by atoms with Crippen LogP contribution >= 0.6 is 39.3 Å². The van der Waals surface area contributed by atoms with Crippen LogP contribution < -0.4 is 0 Å². The van der Waals surface area contributed by atoms with Crippen LogP contribution in [0.5, 0.6) is 0 Å². The predicted octanol–water partition coefficient (Wildman–Crippen LogP) is 6.02. The summed E-state index contributed by atoms with van der Waals surface area (Å²) in [6.45, 7) is 0. The third-order valence-corrected chi connectivity index (χ3v) is 5.35. The number of benzene rings is 2. The molecule has 0 N–H and O–H groups in total. The number of halogens is 2. The Hall–Kier alpha value is -1.23. The van der Waals surface area contributed by atoms with Crippen molar-refractivity contribution >= 4 is 39.3 Å². The van der Waals surface area contributed by atoms with E-state index < -0.39 is 0 Å². The van der Waals surface area contributed by atoms with Crippen molar-refractivity contribution in [1.82, 2.24) is 5.16 Å². The van der Waals surface area contributed by atoms with Gasteiger partial charge in [-0.1, -0.05) is 62.6 Å². The molecule has 0 saturated carbocycles. The molecule has 0 atom stereocenters. The maximum atomic E-state index is 6.17. The van der Waals surface area contributed by atoms with Crippen molar-refractivity contribution in [2.45, 2.75) is 15.1 Å². The monoisotopic (exact) mass is 377 g/mol. The van der Waals surface area contributed by atoms with Gasteiger partial charge in [0.15, 0.2) is 5.76 Å². The number of fused-ring (bicyclic) bond motifs is 5. The summed E-state index contributed by atoms with van der Waals surface area (Å²) in [5, 5.41) is 5.62. The van der Waals surface area contributed by atoms with E-state index in [4.69, 9.17) is 16.1 Å². The standard InChI is InChI=1S/C16H9BrClNOS/c17-8-12-15-10-3-1-2-4-13(10)21-14-6-5-9(18)7-11(14)16(15)19-20-12/h1-7H,8H2. The Balaban J connectivity index is 2.11. The number of hydrogen-bond donors (Lipinski definition) is 0. The summed E-state index contributed by atoms with van der Waals surface area (Å²) in [4.78, 5) is 2.34. The van der Waals surface area contributed by atoms with E-state index in [0.29, 0.717) is 10.4 Å². The molecule has 1 aromatic heterocycles. The SMILES string of the molecule is Clc1ccc2c(c1)-c1noc(CBr)c1-c1ccccc1S2. The second-order valence-electron chi connectivity index (χ2n) is 4.70. The zero-order chi connectivity index (χ0) is 14.4. The molecular weight excluding hydrogens is 370 g/mol. The van der Waals surface area contributed by atoms with Crippen molar-refractivity contribution in [1.29, 1.82) is 0 Å². The lowest BCUT2D eigenvalue weighted by Gasteiger charge is -2.05. The highest BCUT2D eigenvalue weighted by atomic mass is 79.9. The van der Waals surface area contributed by atoms with Gasteiger partial charge in [-0.2, -0.15) is 0 Å².